The van der Waals surface area contributed by atoms with Gasteiger partial charge >= 0.3 is 0 Å². The van der Waals surface area contributed by atoms with Crippen LogP contribution in [-0.2, 0) is 11.3 Å². The minimum Gasteiger partial charge on any atom is -0.381 e. The van der Waals surface area contributed by atoms with E-state index in [4.69, 9.17) is 0 Å². The van der Waals surface area contributed by atoms with Gasteiger partial charge in [-0.05, 0) is 52.2 Å². The first-order valence-electron chi connectivity index (χ1n) is 6.26. The van der Waals surface area contributed by atoms with Gasteiger partial charge in [0.05, 0.1) is 0 Å². The summed E-state index contributed by atoms with van der Waals surface area (Å²) in [5, 5.41) is 6.14. The Balaban J connectivity index is 2.10. The summed E-state index contributed by atoms with van der Waals surface area (Å²) in [4.78, 5) is 15.2. The number of aryl methyl sites for hydroxylation is 1. The highest BCUT2D eigenvalue weighted by atomic mass is 79.9. The molecule has 1 amide bonds. The van der Waals surface area contributed by atoms with Crippen LogP contribution in [0.15, 0.2) is 41.1 Å². The summed E-state index contributed by atoms with van der Waals surface area (Å²) in [5.74, 6) is -0.0732. The quantitative estimate of drug-likeness (QED) is 0.896. The normalized spacial score (nSPS) is 10.2. The van der Waals surface area contributed by atoms with Gasteiger partial charge < -0.3 is 10.6 Å². The molecule has 2 aromatic rings. The van der Waals surface area contributed by atoms with Crippen LogP contribution in [-0.4, -0.2) is 10.9 Å². The molecule has 0 fully saturated rings. The van der Waals surface area contributed by atoms with E-state index >= 15 is 0 Å². The Bertz CT molecular complexity index is 628. The summed E-state index contributed by atoms with van der Waals surface area (Å²) in [5.41, 5.74) is 4.00. The molecule has 0 aliphatic rings. The van der Waals surface area contributed by atoms with Gasteiger partial charge in [0.15, 0.2) is 0 Å². The van der Waals surface area contributed by atoms with Crippen molar-refractivity contribution in [2.45, 2.75) is 20.4 Å². The van der Waals surface area contributed by atoms with Crippen molar-refractivity contribution in [3.8, 4) is 0 Å². The molecule has 0 aliphatic carbocycles. The zero-order chi connectivity index (χ0) is 14.5. The summed E-state index contributed by atoms with van der Waals surface area (Å²) >= 11 is 3.40. The second kappa shape index (κ2) is 6.52. The third-order valence-corrected chi connectivity index (χ3v) is 3.24. The highest BCUT2D eigenvalue weighted by Gasteiger charge is 2.02. The highest BCUT2D eigenvalue weighted by Crippen LogP contribution is 2.21. The maximum atomic E-state index is 11.1. The number of nitrogens with zero attached hydrogens (tertiary/aromatic N) is 1. The fraction of sp³-hybridized carbons (Fsp3) is 0.200. The molecule has 104 valence electrons. The first kappa shape index (κ1) is 14.5. The Morgan fingerprint density at radius 1 is 1.30 bits per heavy atom. The molecule has 0 spiro atoms. The van der Waals surface area contributed by atoms with E-state index in [0.717, 1.165) is 27.0 Å². The minimum atomic E-state index is -0.0732. The lowest BCUT2D eigenvalue weighted by atomic mass is 10.1. The summed E-state index contributed by atoms with van der Waals surface area (Å²) < 4.78 is 0.959. The van der Waals surface area contributed by atoms with Gasteiger partial charge in [0.2, 0.25) is 5.91 Å². The molecule has 1 heterocycles. The highest BCUT2D eigenvalue weighted by molar-refractivity contribution is 9.10. The number of rotatable bonds is 4. The van der Waals surface area contributed by atoms with Gasteiger partial charge in [-0.25, -0.2) is 0 Å². The Morgan fingerprint density at radius 3 is 2.80 bits per heavy atom. The summed E-state index contributed by atoms with van der Waals surface area (Å²) in [6, 6.07) is 7.82. The Labute approximate surface area is 126 Å². The van der Waals surface area contributed by atoms with Gasteiger partial charge in [0.1, 0.15) is 0 Å². The predicted octanol–water partition coefficient (Wildman–Crippen LogP) is 3.72. The fourth-order valence-corrected chi connectivity index (χ4v) is 2.26. The van der Waals surface area contributed by atoms with Crippen LogP contribution in [0.2, 0.25) is 0 Å². The van der Waals surface area contributed by atoms with E-state index in [1.54, 1.807) is 6.20 Å². The van der Waals surface area contributed by atoms with Gasteiger partial charge in [-0.2, -0.15) is 0 Å². The molecule has 5 heteroatoms. The molecular formula is C15H16BrN3O. The molecule has 0 aliphatic heterocycles. The summed E-state index contributed by atoms with van der Waals surface area (Å²) in [6.07, 6.45) is 3.58. The van der Waals surface area contributed by atoms with Crippen molar-refractivity contribution < 1.29 is 4.79 Å². The number of benzene rings is 1. The number of nitrogens with one attached hydrogen (secondary N) is 2. The minimum absolute atomic E-state index is 0.0732. The molecule has 20 heavy (non-hydrogen) atoms. The fourth-order valence-electron chi connectivity index (χ4n) is 1.84. The Hall–Kier alpha value is -1.88. The number of carbonyl (C=O) groups is 1. The second-order valence-corrected chi connectivity index (χ2v) is 5.49. The van der Waals surface area contributed by atoms with Crippen molar-refractivity contribution in [3.63, 3.8) is 0 Å². The number of hydrogen-bond donors (Lipinski definition) is 2. The first-order valence-corrected chi connectivity index (χ1v) is 7.05. The number of anilines is 2. The molecule has 0 unspecified atom stereocenters. The smallest absolute Gasteiger partial charge is 0.221 e. The van der Waals surface area contributed by atoms with E-state index in [2.05, 4.69) is 31.5 Å². The molecule has 0 atom stereocenters. The Morgan fingerprint density at radius 2 is 2.10 bits per heavy atom. The molecule has 0 bridgehead atoms. The number of pyridine rings is 1. The van der Waals surface area contributed by atoms with Crippen molar-refractivity contribution in [3.05, 3.63) is 52.3 Å². The lowest BCUT2D eigenvalue weighted by Crippen LogP contribution is -2.07. The molecule has 2 N–H and O–H groups in total. The van der Waals surface area contributed by atoms with Crippen molar-refractivity contribution in [2.75, 3.05) is 10.6 Å². The van der Waals surface area contributed by atoms with Gasteiger partial charge in [-0.15, -0.1) is 0 Å². The van der Waals surface area contributed by atoms with Crippen LogP contribution in [0, 0.1) is 6.92 Å². The molecule has 0 saturated heterocycles. The second-order valence-electron chi connectivity index (χ2n) is 4.58. The van der Waals surface area contributed by atoms with Crippen molar-refractivity contribution >= 4 is 33.2 Å². The zero-order valence-electron chi connectivity index (χ0n) is 11.4. The molecule has 1 aromatic heterocycles. The van der Waals surface area contributed by atoms with Crippen LogP contribution in [0.5, 0.6) is 0 Å². The zero-order valence-corrected chi connectivity index (χ0v) is 13.0. The first-order chi connectivity index (χ1) is 9.54. The van der Waals surface area contributed by atoms with Crippen LogP contribution in [0.4, 0.5) is 11.4 Å². The predicted molar refractivity (Wildman–Crippen MR) is 84.7 cm³/mol. The lowest BCUT2D eigenvalue weighted by Gasteiger charge is -2.12. The number of carbonyl (C=O) groups excluding carboxylic acids is 1. The van der Waals surface area contributed by atoms with Gasteiger partial charge in [-0.3, -0.25) is 9.78 Å². The maximum absolute atomic E-state index is 11.1. The van der Waals surface area contributed by atoms with Crippen LogP contribution < -0.4 is 10.6 Å². The van der Waals surface area contributed by atoms with Crippen LogP contribution >= 0.6 is 15.9 Å². The number of hydrogen-bond acceptors (Lipinski definition) is 3. The third kappa shape index (κ3) is 4.06. The standard InChI is InChI=1S/C15H16BrN3O/c1-10-3-4-14(19-11(2)20)6-15(10)18-8-12-5-13(16)9-17-7-12/h3-7,9,18H,8H2,1-2H3,(H,19,20). The summed E-state index contributed by atoms with van der Waals surface area (Å²) in [6.45, 7) is 4.20. The average molecular weight is 334 g/mol. The molecular weight excluding hydrogens is 318 g/mol. The van der Waals surface area contributed by atoms with Crippen LogP contribution in [0.25, 0.3) is 0 Å². The van der Waals surface area contributed by atoms with E-state index < -0.39 is 0 Å². The van der Waals surface area contributed by atoms with Crippen molar-refractivity contribution in [1.29, 1.82) is 0 Å². The average Bonchev–Trinajstić information content (AvgIpc) is 2.39. The molecule has 0 radical (unpaired) electrons. The molecule has 1 aromatic carbocycles. The SMILES string of the molecule is CC(=O)Nc1ccc(C)c(NCc2cncc(Br)c2)c1. The largest absolute Gasteiger partial charge is 0.381 e. The van der Waals surface area contributed by atoms with E-state index in [-0.39, 0.29) is 5.91 Å². The summed E-state index contributed by atoms with van der Waals surface area (Å²) in [7, 11) is 0. The Kier molecular flexibility index (Phi) is 4.74. The van der Waals surface area contributed by atoms with Gasteiger partial charge in [0.25, 0.3) is 0 Å². The van der Waals surface area contributed by atoms with Crippen molar-refractivity contribution in [1.82, 2.24) is 4.98 Å². The van der Waals surface area contributed by atoms with Crippen LogP contribution in [0.1, 0.15) is 18.1 Å². The van der Waals surface area contributed by atoms with E-state index in [0.29, 0.717) is 6.54 Å². The van der Waals surface area contributed by atoms with E-state index in [1.165, 1.54) is 6.92 Å². The van der Waals surface area contributed by atoms with Gasteiger partial charge in [0, 0.05) is 41.7 Å². The van der Waals surface area contributed by atoms with Crippen molar-refractivity contribution in [2.24, 2.45) is 0 Å². The number of aromatic nitrogens is 1. The van der Waals surface area contributed by atoms with Gasteiger partial charge in [-0.1, -0.05) is 6.07 Å². The molecule has 4 nitrogen and oxygen atoms in total. The van der Waals surface area contributed by atoms with E-state index in [1.807, 2.05) is 37.4 Å². The molecule has 0 saturated carbocycles. The number of amides is 1. The molecule has 2 rings (SSSR count). The lowest BCUT2D eigenvalue weighted by molar-refractivity contribution is -0.114. The van der Waals surface area contributed by atoms with Crippen LogP contribution in [0.3, 0.4) is 0 Å². The number of halogens is 1. The monoisotopic (exact) mass is 333 g/mol. The van der Waals surface area contributed by atoms with E-state index in [9.17, 15) is 4.79 Å². The third-order valence-electron chi connectivity index (χ3n) is 2.80. The topological polar surface area (TPSA) is 54.0 Å². The maximum Gasteiger partial charge on any atom is 0.221 e.